The third-order valence-electron chi connectivity index (χ3n) is 5.38. The summed E-state index contributed by atoms with van der Waals surface area (Å²) in [5.74, 6) is -1.10. The van der Waals surface area contributed by atoms with Crippen LogP contribution >= 0.6 is 0 Å². The second-order valence-corrected chi connectivity index (χ2v) is 11.7. The third kappa shape index (κ3) is 3.78. The number of carbonyl (C=O) groups is 1. The van der Waals surface area contributed by atoms with Crippen molar-refractivity contribution in [2.45, 2.75) is 55.8 Å². The molecular weight excluding hydrogens is 433 g/mol. The van der Waals surface area contributed by atoms with Gasteiger partial charge in [0.2, 0.25) is 0 Å². The van der Waals surface area contributed by atoms with Crippen molar-refractivity contribution in [1.29, 1.82) is 0 Å². The number of sulfone groups is 1. The number of nitrogens with one attached hydrogen (secondary N) is 1. The van der Waals surface area contributed by atoms with Crippen LogP contribution in [0.1, 0.15) is 40.2 Å². The summed E-state index contributed by atoms with van der Waals surface area (Å²) in [5.41, 5.74) is -3.24. The van der Waals surface area contributed by atoms with Gasteiger partial charge in [-0.2, -0.15) is 4.99 Å². The van der Waals surface area contributed by atoms with Gasteiger partial charge in [0.25, 0.3) is 5.69 Å². The van der Waals surface area contributed by atoms with E-state index < -0.39 is 53.5 Å². The maximum absolute atomic E-state index is 14.9. The third-order valence-corrected chi connectivity index (χ3v) is 8.29. The Morgan fingerprint density at radius 1 is 1.39 bits per heavy atom. The summed E-state index contributed by atoms with van der Waals surface area (Å²) in [6, 6.07) is 2.86. The lowest BCUT2D eigenvalue weighted by atomic mass is 9.86. The molecule has 2 atom stereocenters. The summed E-state index contributed by atoms with van der Waals surface area (Å²) in [6.07, 6.45) is -1.02. The van der Waals surface area contributed by atoms with Crippen molar-refractivity contribution in [2.24, 2.45) is 4.99 Å². The monoisotopic (exact) mass is 457 g/mol. The molecule has 2 aliphatic heterocycles. The molecule has 1 amide bonds. The lowest BCUT2D eigenvalue weighted by Gasteiger charge is -2.46. The van der Waals surface area contributed by atoms with E-state index in [1.807, 2.05) is 0 Å². The Balaban J connectivity index is 2.21. The van der Waals surface area contributed by atoms with Gasteiger partial charge in [0.1, 0.15) is 32.8 Å². The van der Waals surface area contributed by atoms with Crippen molar-refractivity contribution in [1.82, 2.24) is 5.32 Å². The first-order valence-corrected chi connectivity index (χ1v) is 11.0. The van der Waals surface area contributed by atoms with E-state index in [-0.39, 0.29) is 24.6 Å². The summed E-state index contributed by atoms with van der Waals surface area (Å²) in [4.78, 5) is 26.7. The molecule has 2 fully saturated rings. The van der Waals surface area contributed by atoms with Crippen LogP contribution < -0.4 is 5.32 Å². The van der Waals surface area contributed by atoms with Gasteiger partial charge in [-0.15, -0.1) is 0 Å². The van der Waals surface area contributed by atoms with E-state index in [2.05, 4.69) is 10.3 Å². The van der Waals surface area contributed by atoms with Crippen LogP contribution in [0.4, 0.5) is 14.9 Å². The highest BCUT2D eigenvalue weighted by Gasteiger charge is 2.63. The predicted octanol–water partition coefficient (Wildman–Crippen LogP) is 2.46. The molecule has 170 valence electrons. The zero-order valence-corrected chi connectivity index (χ0v) is 18.6. The van der Waals surface area contributed by atoms with Crippen LogP contribution in [-0.4, -0.2) is 54.1 Å². The van der Waals surface area contributed by atoms with E-state index in [1.165, 1.54) is 13.8 Å². The highest BCUT2D eigenvalue weighted by molar-refractivity contribution is 7.94. The Hall–Kier alpha value is -2.60. The van der Waals surface area contributed by atoms with Gasteiger partial charge in [-0.25, -0.2) is 17.6 Å². The fourth-order valence-electron chi connectivity index (χ4n) is 3.71. The Bertz CT molecular complexity index is 1080. The van der Waals surface area contributed by atoms with Crippen molar-refractivity contribution < 1.29 is 32.0 Å². The molecule has 2 heterocycles. The van der Waals surface area contributed by atoms with Crippen LogP contribution in [-0.2, 0) is 24.8 Å². The molecule has 31 heavy (non-hydrogen) atoms. The summed E-state index contributed by atoms with van der Waals surface area (Å²) < 4.78 is 50.8. The number of aliphatic imine (C=N–C) groups is 1. The minimum atomic E-state index is -4.10. The van der Waals surface area contributed by atoms with Gasteiger partial charge in [0.05, 0.1) is 18.1 Å². The molecule has 1 aromatic rings. The molecule has 0 aromatic heterocycles. The molecular formula is C19H24FN3O7S. The highest BCUT2D eigenvalue weighted by Crippen LogP contribution is 2.45. The van der Waals surface area contributed by atoms with Crippen molar-refractivity contribution in [3.05, 3.63) is 39.7 Å². The Morgan fingerprint density at radius 3 is 2.61 bits per heavy atom. The minimum absolute atomic E-state index is 0.249. The van der Waals surface area contributed by atoms with Gasteiger partial charge >= 0.3 is 6.09 Å². The number of benzene rings is 1. The normalized spacial score (nSPS) is 27.9. The zero-order chi connectivity index (χ0) is 23.4. The molecule has 3 rings (SSSR count). The van der Waals surface area contributed by atoms with Gasteiger partial charge in [-0.05, 0) is 40.7 Å². The maximum atomic E-state index is 14.9. The number of carbonyl (C=O) groups excluding carboxylic acids is 1. The lowest BCUT2D eigenvalue weighted by molar-refractivity contribution is -0.385. The number of rotatable bonds is 2. The average Bonchev–Trinajstić information content (AvgIpc) is 3.04. The van der Waals surface area contributed by atoms with E-state index in [0.29, 0.717) is 0 Å². The van der Waals surface area contributed by atoms with Crippen LogP contribution in [0.3, 0.4) is 0 Å². The van der Waals surface area contributed by atoms with Crippen molar-refractivity contribution in [3.8, 4) is 0 Å². The first-order valence-electron chi connectivity index (χ1n) is 9.48. The molecule has 0 spiro atoms. The van der Waals surface area contributed by atoms with E-state index in [1.54, 1.807) is 20.8 Å². The number of fused-ring (bicyclic) bond motifs is 1. The summed E-state index contributed by atoms with van der Waals surface area (Å²) in [5, 5.41) is 12.9. The van der Waals surface area contributed by atoms with Gasteiger partial charge in [0, 0.05) is 17.7 Å². The largest absolute Gasteiger partial charge is 0.442 e. The summed E-state index contributed by atoms with van der Waals surface area (Å²) in [7, 11) is -4.10. The first kappa shape index (κ1) is 23.1. The summed E-state index contributed by atoms with van der Waals surface area (Å²) >= 11 is 0. The quantitative estimate of drug-likeness (QED) is 0.528. The Labute approximate surface area is 178 Å². The number of nitro benzene ring substituents is 1. The van der Waals surface area contributed by atoms with E-state index in [0.717, 1.165) is 18.2 Å². The first-order chi connectivity index (χ1) is 14.1. The molecule has 10 nitrogen and oxygen atoms in total. The van der Waals surface area contributed by atoms with Gasteiger partial charge in [0.15, 0.2) is 9.84 Å². The Morgan fingerprint density at radius 2 is 2.03 bits per heavy atom. The second kappa shape index (κ2) is 7.23. The molecule has 12 heteroatoms. The fourth-order valence-corrected chi connectivity index (χ4v) is 5.85. The number of ether oxygens (including phenoxy) is 2. The topological polar surface area (TPSA) is 137 Å². The molecule has 2 aliphatic rings. The highest BCUT2D eigenvalue weighted by atomic mass is 32.2. The molecule has 0 bridgehead atoms. The van der Waals surface area contributed by atoms with E-state index >= 15 is 0 Å². The molecule has 0 radical (unpaired) electrons. The van der Waals surface area contributed by atoms with Crippen LogP contribution in [0.15, 0.2) is 23.2 Å². The maximum Gasteiger partial charge on any atom is 0.435 e. The molecule has 2 saturated heterocycles. The standard InChI is InChI=1S/C19H24FN3O7S/c1-17(2,3)30-16(24)21-15-18(4,5)31(27,28)14-9-29-10-19(14,22-15)12-8-11(23(25)26)6-7-13(12)20/h6-8,14H,9-10H2,1-5H3,(H,21,22,24)/t14-,19-/m0/s1. The van der Waals surface area contributed by atoms with E-state index in [4.69, 9.17) is 9.47 Å². The van der Waals surface area contributed by atoms with Crippen molar-refractivity contribution >= 4 is 27.5 Å². The van der Waals surface area contributed by atoms with Crippen LogP contribution in [0, 0.1) is 15.9 Å². The number of nitro groups is 1. The summed E-state index contributed by atoms with van der Waals surface area (Å²) in [6.45, 7) is 7.07. The van der Waals surface area contributed by atoms with Gasteiger partial charge in [-0.1, -0.05) is 0 Å². The molecule has 0 unspecified atom stereocenters. The predicted molar refractivity (Wildman–Crippen MR) is 109 cm³/mol. The van der Waals surface area contributed by atoms with Crippen LogP contribution in [0.2, 0.25) is 0 Å². The van der Waals surface area contributed by atoms with Crippen molar-refractivity contribution in [2.75, 3.05) is 13.2 Å². The number of nitrogens with zero attached hydrogens (tertiary/aromatic N) is 2. The molecule has 0 saturated carbocycles. The fraction of sp³-hybridized carbons (Fsp3) is 0.579. The van der Waals surface area contributed by atoms with Crippen molar-refractivity contribution in [3.63, 3.8) is 0 Å². The molecule has 0 aliphatic carbocycles. The van der Waals surface area contributed by atoms with Gasteiger partial charge < -0.3 is 14.8 Å². The SMILES string of the molecule is CC(C)(C)OC(=O)/N=C1/N[C@]2(c3cc([N+](=O)[O-])ccc3F)COC[C@@H]2S(=O)(=O)C1(C)C. The number of non-ortho nitro benzene ring substituents is 1. The zero-order valence-electron chi connectivity index (χ0n) is 17.8. The lowest BCUT2D eigenvalue weighted by Crippen LogP contribution is -2.70. The van der Waals surface area contributed by atoms with E-state index in [9.17, 15) is 27.7 Å². The number of hydrogen-bond acceptors (Lipinski definition) is 7. The van der Waals surface area contributed by atoms with Crippen LogP contribution in [0.25, 0.3) is 0 Å². The number of hydrogen-bond donors (Lipinski definition) is 1. The second-order valence-electron chi connectivity index (χ2n) is 9.02. The number of amides is 1. The Kier molecular flexibility index (Phi) is 5.38. The average molecular weight is 457 g/mol. The number of amidine groups is 1. The van der Waals surface area contributed by atoms with Crippen LogP contribution in [0.5, 0.6) is 0 Å². The molecule has 1 aromatic carbocycles. The van der Waals surface area contributed by atoms with Gasteiger partial charge in [-0.3, -0.25) is 10.1 Å². The number of halogens is 1. The molecule has 1 N–H and O–H groups in total. The minimum Gasteiger partial charge on any atom is -0.442 e. The smallest absolute Gasteiger partial charge is 0.435 e.